The summed E-state index contributed by atoms with van der Waals surface area (Å²) in [6.45, 7) is 3.99. The Bertz CT molecular complexity index is 425. The van der Waals surface area contributed by atoms with Crippen molar-refractivity contribution in [2.45, 2.75) is 38.3 Å². The highest BCUT2D eigenvalue weighted by atomic mass is 16.5. The van der Waals surface area contributed by atoms with Crippen LogP contribution in [0.2, 0.25) is 0 Å². The number of hydrogen-bond donors (Lipinski definition) is 2. The van der Waals surface area contributed by atoms with E-state index in [0.29, 0.717) is 12.6 Å². The van der Waals surface area contributed by atoms with Crippen LogP contribution < -0.4 is 5.32 Å². The van der Waals surface area contributed by atoms with Crippen LogP contribution in [-0.4, -0.2) is 23.7 Å². The van der Waals surface area contributed by atoms with Gasteiger partial charge in [0.15, 0.2) is 0 Å². The number of carbonyl (C=O) groups excluding carboxylic acids is 1. The molecule has 1 aromatic rings. The van der Waals surface area contributed by atoms with Gasteiger partial charge in [0.25, 0.3) is 0 Å². The average Bonchev–Trinajstić information content (AvgIpc) is 3.14. The second-order valence-corrected chi connectivity index (χ2v) is 4.81. The minimum absolute atomic E-state index is 0.191. The van der Waals surface area contributed by atoms with E-state index in [1.54, 1.807) is 31.2 Å². The Morgan fingerprint density at radius 1 is 1.44 bits per heavy atom. The molecule has 1 aliphatic rings. The van der Waals surface area contributed by atoms with Gasteiger partial charge >= 0.3 is 5.97 Å². The largest absolute Gasteiger partial charge is 0.508 e. The molecule has 98 valence electrons. The van der Waals surface area contributed by atoms with E-state index in [4.69, 9.17) is 4.74 Å². The molecule has 1 unspecified atom stereocenters. The number of carbonyl (C=O) groups is 1. The topological polar surface area (TPSA) is 58.6 Å². The number of hydrogen-bond acceptors (Lipinski definition) is 4. The van der Waals surface area contributed by atoms with Crippen molar-refractivity contribution in [3.8, 4) is 5.75 Å². The summed E-state index contributed by atoms with van der Waals surface area (Å²) in [5.74, 6) is -0.0843. The lowest BCUT2D eigenvalue weighted by Gasteiger charge is -2.29. The van der Waals surface area contributed by atoms with Crippen LogP contribution in [0.15, 0.2) is 24.3 Å². The molecular formula is C14H19NO3. The average molecular weight is 249 g/mol. The van der Waals surface area contributed by atoms with Crippen molar-refractivity contribution in [1.29, 1.82) is 0 Å². The van der Waals surface area contributed by atoms with Crippen LogP contribution >= 0.6 is 0 Å². The third kappa shape index (κ3) is 2.64. The number of aromatic hydroxyl groups is 1. The first kappa shape index (κ1) is 12.9. The molecule has 1 fully saturated rings. The summed E-state index contributed by atoms with van der Waals surface area (Å²) in [5, 5.41) is 12.7. The van der Waals surface area contributed by atoms with Crippen molar-refractivity contribution in [2.75, 3.05) is 6.61 Å². The van der Waals surface area contributed by atoms with Gasteiger partial charge in [-0.05, 0) is 44.4 Å². The maximum atomic E-state index is 12.2. The van der Waals surface area contributed by atoms with Gasteiger partial charge < -0.3 is 9.84 Å². The smallest absolute Gasteiger partial charge is 0.330 e. The Hall–Kier alpha value is -1.55. The van der Waals surface area contributed by atoms with E-state index < -0.39 is 5.54 Å². The van der Waals surface area contributed by atoms with E-state index in [9.17, 15) is 9.90 Å². The summed E-state index contributed by atoms with van der Waals surface area (Å²) in [7, 11) is 0. The number of ether oxygens (including phenoxy) is 1. The summed E-state index contributed by atoms with van der Waals surface area (Å²) in [5.41, 5.74) is -0.0316. The second kappa shape index (κ2) is 4.98. The Morgan fingerprint density at radius 3 is 2.56 bits per heavy atom. The molecule has 0 aromatic heterocycles. The van der Waals surface area contributed by atoms with Crippen molar-refractivity contribution < 1.29 is 14.6 Å². The van der Waals surface area contributed by atoms with E-state index in [1.807, 2.05) is 6.92 Å². The molecule has 4 nitrogen and oxygen atoms in total. The SMILES string of the molecule is CCOC(=O)C(C)(NC1CC1)c1ccc(O)cc1. The number of phenols is 1. The molecule has 1 aromatic carbocycles. The molecule has 0 radical (unpaired) electrons. The predicted octanol–water partition coefficient (Wildman–Crippen LogP) is 1.92. The number of nitrogens with one attached hydrogen (secondary N) is 1. The van der Waals surface area contributed by atoms with Gasteiger partial charge in [-0.3, -0.25) is 5.32 Å². The zero-order valence-electron chi connectivity index (χ0n) is 10.8. The van der Waals surface area contributed by atoms with Gasteiger partial charge in [-0.1, -0.05) is 12.1 Å². The Labute approximate surface area is 107 Å². The Kier molecular flexibility index (Phi) is 3.57. The monoisotopic (exact) mass is 249 g/mol. The number of rotatable bonds is 5. The summed E-state index contributed by atoms with van der Waals surface area (Å²) in [6.07, 6.45) is 2.18. The van der Waals surface area contributed by atoms with Gasteiger partial charge in [0.05, 0.1) is 6.61 Å². The predicted molar refractivity (Wildman–Crippen MR) is 68.2 cm³/mol. The first-order valence-corrected chi connectivity index (χ1v) is 6.30. The maximum Gasteiger partial charge on any atom is 0.330 e. The van der Waals surface area contributed by atoms with Crippen molar-refractivity contribution in [3.63, 3.8) is 0 Å². The lowest BCUT2D eigenvalue weighted by Crippen LogP contribution is -2.48. The zero-order chi connectivity index (χ0) is 13.2. The number of phenolic OH excluding ortho intramolecular Hbond substituents is 1. The van der Waals surface area contributed by atoms with Crippen LogP contribution in [-0.2, 0) is 15.1 Å². The van der Waals surface area contributed by atoms with Gasteiger partial charge in [-0.25, -0.2) is 4.79 Å². The molecule has 2 rings (SSSR count). The van der Waals surface area contributed by atoms with E-state index in [1.165, 1.54) is 0 Å². The molecule has 0 saturated heterocycles. The lowest BCUT2D eigenvalue weighted by molar-refractivity contribution is -0.151. The maximum absolute atomic E-state index is 12.2. The quantitative estimate of drug-likeness (QED) is 0.783. The minimum Gasteiger partial charge on any atom is -0.508 e. The zero-order valence-corrected chi connectivity index (χ0v) is 10.8. The third-order valence-electron chi connectivity index (χ3n) is 3.20. The molecule has 2 N–H and O–H groups in total. The summed E-state index contributed by atoms with van der Waals surface area (Å²) < 4.78 is 5.16. The highest BCUT2D eigenvalue weighted by Crippen LogP contribution is 2.30. The molecular weight excluding hydrogens is 230 g/mol. The molecule has 18 heavy (non-hydrogen) atoms. The van der Waals surface area contributed by atoms with Crippen molar-refractivity contribution in [3.05, 3.63) is 29.8 Å². The van der Waals surface area contributed by atoms with E-state index >= 15 is 0 Å². The van der Waals surface area contributed by atoms with E-state index in [-0.39, 0.29) is 11.7 Å². The molecule has 1 aliphatic carbocycles. The minimum atomic E-state index is -0.842. The summed E-state index contributed by atoms with van der Waals surface area (Å²) in [6, 6.07) is 7.06. The fourth-order valence-corrected chi connectivity index (χ4v) is 1.97. The second-order valence-electron chi connectivity index (χ2n) is 4.81. The number of esters is 1. The summed E-state index contributed by atoms with van der Waals surface area (Å²) in [4.78, 5) is 12.2. The Morgan fingerprint density at radius 2 is 2.06 bits per heavy atom. The van der Waals surface area contributed by atoms with Gasteiger partial charge in [0.1, 0.15) is 11.3 Å². The van der Waals surface area contributed by atoms with Crippen LogP contribution in [0.25, 0.3) is 0 Å². The molecule has 0 spiro atoms. The lowest BCUT2D eigenvalue weighted by atomic mass is 9.91. The first-order chi connectivity index (χ1) is 8.56. The molecule has 0 amide bonds. The third-order valence-corrected chi connectivity index (χ3v) is 3.20. The van der Waals surface area contributed by atoms with Crippen LogP contribution in [0.1, 0.15) is 32.3 Å². The first-order valence-electron chi connectivity index (χ1n) is 6.30. The van der Waals surface area contributed by atoms with Crippen LogP contribution in [0.3, 0.4) is 0 Å². The van der Waals surface area contributed by atoms with Crippen LogP contribution in [0, 0.1) is 0 Å². The molecule has 1 atom stereocenters. The van der Waals surface area contributed by atoms with Crippen LogP contribution in [0.5, 0.6) is 5.75 Å². The van der Waals surface area contributed by atoms with Crippen molar-refractivity contribution >= 4 is 5.97 Å². The molecule has 1 saturated carbocycles. The van der Waals surface area contributed by atoms with E-state index in [0.717, 1.165) is 18.4 Å². The fourth-order valence-electron chi connectivity index (χ4n) is 1.97. The van der Waals surface area contributed by atoms with Gasteiger partial charge in [0, 0.05) is 6.04 Å². The van der Waals surface area contributed by atoms with Gasteiger partial charge in [-0.15, -0.1) is 0 Å². The molecule has 0 aliphatic heterocycles. The van der Waals surface area contributed by atoms with Crippen molar-refractivity contribution in [1.82, 2.24) is 5.32 Å². The van der Waals surface area contributed by atoms with Crippen molar-refractivity contribution in [2.24, 2.45) is 0 Å². The molecule has 0 bridgehead atoms. The van der Waals surface area contributed by atoms with Gasteiger partial charge in [0.2, 0.25) is 0 Å². The Balaban J connectivity index is 2.27. The standard InChI is InChI=1S/C14H19NO3/c1-3-18-13(17)14(2,15-11-6-7-11)10-4-8-12(16)9-5-10/h4-5,8-9,11,15-16H,3,6-7H2,1-2H3. The molecule has 0 heterocycles. The normalized spacial score (nSPS) is 18.1. The van der Waals surface area contributed by atoms with Gasteiger partial charge in [-0.2, -0.15) is 0 Å². The highest BCUT2D eigenvalue weighted by Gasteiger charge is 2.41. The summed E-state index contributed by atoms with van der Waals surface area (Å²) >= 11 is 0. The fraction of sp³-hybridized carbons (Fsp3) is 0.500. The molecule has 4 heteroatoms. The van der Waals surface area contributed by atoms with Crippen LogP contribution in [0.4, 0.5) is 0 Å². The highest BCUT2D eigenvalue weighted by molar-refractivity contribution is 5.82. The van der Waals surface area contributed by atoms with E-state index in [2.05, 4.69) is 5.32 Å². The number of benzene rings is 1.